The number of hydrogen-bond acceptors (Lipinski definition) is 3. The van der Waals surface area contributed by atoms with E-state index in [2.05, 4.69) is 34.1 Å². The average molecular weight is 327 g/mol. The van der Waals surface area contributed by atoms with Crippen LogP contribution in [-0.2, 0) is 0 Å². The van der Waals surface area contributed by atoms with Gasteiger partial charge in [0.1, 0.15) is 5.82 Å². The van der Waals surface area contributed by atoms with Gasteiger partial charge in [-0.1, -0.05) is 42.5 Å². The summed E-state index contributed by atoms with van der Waals surface area (Å²) in [6.45, 7) is 5.98. The van der Waals surface area contributed by atoms with Crippen molar-refractivity contribution in [3.8, 4) is 0 Å². The predicted octanol–water partition coefficient (Wildman–Crippen LogP) is 2.88. The second-order valence-corrected chi connectivity index (χ2v) is 6.38. The Balaban J connectivity index is 1.77. The van der Waals surface area contributed by atoms with Gasteiger partial charge in [-0.15, -0.1) is 0 Å². The van der Waals surface area contributed by atoms with E-state index in [1.807, 2.05) is 18.2 Å². The number of nitrogens with two attached hydrogens (primary N) is 1. The van der Waals surface area contributed by atoms with Crippen LogP contribution in [0.5, 0.6) is 0 Å². The van der Waals surface area contributed by atoms with Crippen LogP contribution in [0.25, 0.3) is 0 Å². The number of halogens is 1. The van der Waals surface area contributed by atoms with Gasteiger partial charge in [0.2, 0.25) is 0 Å². The van der Waals surface area contributed by atoms with Crippen LogP contribution in [0.4, 0.5) is 4.39 Å². The van der Waals surface area contributed by atoms with Gasteiger partial charge in [-0.3, -0.25) is 4.90 Å². The van der Waals surface area contributed by atoms with Crippen molar-refractivity contribution in [1.82, 2.24) is 9.80 Å². The normalized spacial score (nSPS) is 17.8. The number of hydrogen-bond donors (Lipinski definition) is 1. The molecular weight excluding hydrogens is 301 g/mol. The Hall–Kier alpha value is -1.75. The SMILES string of the molecule is NCCCN1CCN(C(c2ccccc2)c2ccc(F)cc2)CC1. The molecule has 3 rings (SSSR count). The number of benzene rings is 2. The molecule has 1 atom stereocenters. The van der Waals surface area contributed by atoms with E-state index in [9.17, 15) is 4.39 Å². The van der Waals surface area contributed by atoms with Crippen LogP contribution >= 0.6 is 0 Å². The Labute approximate surface area is 143 Å². The molecule has 1 saturated heterocycles. The number of nitrogens with zero attached hydrogens (tertiary/aromatic N) is 2. The van der Waals surface area contributed by atoms with Crippen molar-refractivity contribution in [2.45, 2.75) is 12.5 Å². The lowest BCUT2D eigenvalue weighted by atomic mass is 9.96. The van der Waals surface area contributed by atoms with Gasteiger partial charge in [-0.2, -0.15) is 0 Å². The second-order valence-electron chi connectivity index (χ2n) is 6.38. The Morgan fingerprint density at radius 3 is 2.12 bits per heavy atom. The quantitative estimate of drug-likeness (QED) is 0.885. The Bertz CT molecular complexity index is 607. The fourth-order valence-electron chi connectivity index (χ4n) is 3.45. The van der Waals surface area contributed by atoms with E-state index < -0.39 is 0 Å². The number of piperazine rings is 1. The van der Waals surface area contributed by atoms with E-state index in [1.54, 1.807) is 12.1 Å². The van der Waals surface area contributed by atoms with E-state index in [0.29, 0.717) is 0 Å². The average Bonchev–Trinajstić information content (AvgIpc) is 2.64. The van der Waals surface area contributed by atoms with E-state index in [0.717, 1.165) is 51.3 Å². The molecule has 2 aromatic rings. The summed E-state index contributed by atoms with van der Waals surface area (Å²) in [7, 11) is 0. The van der Waals surface area contributed by atoms with E-state index in [4.69, 9.17) is 5.73 Å². The molecule has 2 aromatic carbocycles. The smallest absolute Gasteiger partial charge is 0.123 e. The van der Waals surface area contributed by atoms with E-state index in [1.165, 1.54) is 5.56 Å². The van der Waals surface area contributed by atoms with Crippen molar-refractivity contribution in [3.63, 3.8) is 0 Å². The maximum absolute atomic E-state index is 13.3. The van der Waals surface area contributed by atoms with Gasteiger partial charge in [0.15, 0.2) is 0 Å². The molecule has 1 heterocycles. The molecule has 1 aliphatic heterocycles. The summed E-state index contributed by atoms with van der Waals surface area (Å²) in [4.78, 5) is 4.98. The minimum atomic E-state index is -0.183. The summed E-state index contributed by atoms with van der Waals surface area (Å²) >= 11 is 0. The molecule has 24 heavy (non-hydrogen) atoms. The molecule has 3 nitrogen and oxygen atoms in total. The summed E-state index contributed by atoms with van der Waals surface area (Å²) in [5.74, 6) is -0.183. The van der Waals surface area contributed by atoms with Crippen LogP contribution in [0.15, 0.2) is 54.6 Å². The lowest BCUT2D eigenvalue weighted by molar-refractivity contribution is 0.109. The van der Waals surface area contributed by atoms with Crippen LogP contribution in [-0.4, -0.2) is 49.1 Å². The third-order valence-corrected chi connectivity index (χ3v) is 4.75. The molecule has 128 valence electrons. The summed E-state index contributed by atoms with van der Waals surface area (Å²) in [6.07, 6.45) is 1.06. The summed E-state index contributed by atoms with van der Waals surface area (Å²) in [6, 6.07) is 17.6. The summed E-state index contributed by atoms with van der Waals surface area (Å²) in [5, 5.41) is 0. The number of rotatable bonds is 6. The zero-order valence-corrected chi connectivity index (χ0v) is 14.1. The monoisotopic (exact) mass is 327 g/mol. The molecule has 0 aromatic heterocycles. The van der Waals surface area contributed by atoms with Crippen molar-refractivity contribution in [1.29, 1.82) is 0 Å². The van der Waals surface area contributed by atoms with Crippen LogP contribution in [0.1, 0.15) is 23.6 Å². The fraction of sp³-hybridized carbons (Fsp3) is 0.400. The lowest BCUT2D eigenvalue weighted by Gasteiger charge is -2.39. The standard InChI is InChI=1S/C20H26FN3/c21-19-9-7-18(8-10-19)20(17-5-2-1-3-6-17)24-15-13-23(14-16-24)12-4-11-22/h1-3,5-10,20H,4,11-16,22H2. The molecule has 1 fully saturated rings. The maximum atomic E-state index is 13.3. The van der Waals surface area contributed by atoms with E-state index in [-0.39, 0.29) is 11.9 Å². The molecule has 1 aliphatic rings. The maximum Gasteiger partial charge on any atom is 0.123 e. The summed E-state index contributed by atoms with van der Waals surface area (Å²) < 4.78 is 13.3. The molecule has 1 unspecified atom stereocenters. The topological polar surface area (TPSA) is 32.5 Å². The first-order valence-electron chi connectivity index (χ1n) is 8.75. The Morgan fingerprint density at radius 1 is 0.875 bits per heavy atom. The van der Waals surface area contributed by atoms with Crippen LogP contribution in [0, 0.1) is 5.82 Å². The highest BCUT2D eigenvalue weighted by Crippen LogP contribution is 2.29. The van der Waals surface area contributed by atoms with Crippen molar-refractivity contribution in [2.75, 3.05) is 39.3 Å². The van der Waals surface area contributed by atoms with Crippen molar-refractivity contribution in [3.05, 3.63) is 71.5 Å². The van der Waals surface area contributed by atoms with E-state index >= 15 is 0 Å². The van der Waals surface area contributed by atoms with Gasteiger partial charge in [0.25, 0.3) is 0 Å². The van der Waals surface area contributed by atoms with Gasteiger partial charge < -0.3 is 10.6 Å². The predicted molar refractivity (Wildman–Crippen MR) is 96.4 cm³/mol. The molecule has 2 N–H and O–H groups in total. The minimum absolute atomic E-state index is 0.183. The van der Waals surface area contributed by atoms with Crippen molar-refractivity contribution in [2.24, 2.45) is 5.73 Å². The molecule has 0 bridgehead atoms. The lowest BCUT2D eigenvalue weighted by Crippen LogP contribution is -2.48. The second kappa shape index (κ2) is 8.38. The highest BCUT2D eigenvalue weighted by Gasteiger charge is 2.26. The van der Waals surface area contributed by atoms with Crippen LogP contribution in [0.3, 0.4) is 0 Å². The Kier molecular flexibility index (Phi) is 5.96. The van der Waals surface area contributed by atoms with Gasteiger partial charge in [-0.05, 0) is 42.8 Å². The minimum Gasteiger partial charge on any atom is -0.330 e. The Morgan fingerprint density at radius 2 is 1.50 bits per heavy atom. The molecule has 0 radical (unpaired) electrons. The first-order chi connectivity index (χ1) is 11.8. The first kappa shape index (κ1) is 17.1. The van der Waals surface area contributed by atoms with Gasteiger partial charge in [0, 0.05) is 26.2 Å². The first-order valence-corrected chi connectivity index (χ1v) is 8.75. The molecule has 0 spiro atoms. The van der Waals surface area contributed by atoms with Gasteiger partial charge in [-0.25, -0.2) is 4.39 Å². The molecule has 0 saturated carbocycles. The highest BCUT2D eigenvalue weighted by atomic mass is 19.1. The molecule has 0 aliphatic carbocycles. The zero-order valence-electron chi connectivity index (χ0n) is 14.1. The summed E-state index contributed by atoms with van der Waals surface area (Å²) in [5.41, 5.74) is 8.03. The van der Waals surface area contributed by atoms with Crippen molar-refractivity contribution < 1.29 is 4.39 Å². The highest BCUT2D eigenvalue weighted by molar-refractivity contribution is 5.32. The zero-order chi connectivity index (χ0) is 16.8. The third kappa shape index (κ3) is 4.20. The largest absolute Gasteiger partial charge is 0.330 e. The van der Waals surface area contributed by atoms with Crippen molar-refractivity contribution >= 4 is 0 Å². The van der Waals surface area contributed by atoms with Gasteiger partial charge in [0.05, 0.1) is 6.04 Å². The third-order valence-electron chi connectivity index (χ3n) is 4.75. The van der Waals surface area contributed by atoms with Crippen LogP contribution < -0.4 is 5.73 Å². The molecule has 4 heteroatoms. The molecular formula is C20H26FN3. The van der Waals surface area contributed by atoms with Gasteiger partial charge >= 0.3 is 0 Å². The molecule has 0 amide bonds. The van der Waals surface area contributed by atoms with Crippen LogP contribution in [0.2, 0.25) is 0 Å². The fourth-order valence-corrected chi connectivity index (χ4v) is 3.45.